The molecule has 0 bridgehead atoms. The van der Waals surface area contributed by atoms with Gasteiger partial charge in [0.15, 0.2) is 11.6 Å². The number of nitrogens with two attached hydrogens (primary N) is 1. The summed E-state index contributed by atoms with van der Waals surface area (Å²) in [5, 5.41) is 0. The molecule has 1 amide bonds. The molecule has 0 saturated heterocycles. The summed E-state index contributed by atoms with van der Waals surface area (Å²) in [4.78, 5) is 14.0. The van der Waals surface area contributed by atoms with Crippen LogP contribution in [0.2, 0.25) is 0 Å². The monoisotopic (exact) mass is 294 g/mol. The second-order valence-electron chi connectivity index (χ2n) is 5.57. The van der Waals surface area contributed by atoms with E-state index in [0.717, 1.165) is 19.3 Å². The van der Waals surface area contributed by atoms with E-state index in [9.17, 15) is 9.18 Å². The Hall–Kier alpha value is -1.62. The van der Waals surface area contributed by atoms with Crippen molar-refractivity contribution in [1.82, 2.24) is 4.90 Å². The number of benzene rings is 1. The van der Waals surface area contributed by atoms with Crippen molar-refractivity contribution in [1.29, 1.82) is 0 Å². The fraction of sp³-hybridized carbons (Fsp3) is 0.562. The van der Waals surface area contributed by atoms with Crippen LogP contribution >= 0.6 is 0 Å². The van der Waals surface area contributed by atoms with Gasteiger partial charge in [-0.1, -0.05) is 18.6 Å². The third-order valence-electron chi connectivity index (χ3n) is 4.18. The molecule has 0 aromatic heterocycles. The van der Waals surface area contributed by atoms with E-state index in [0.29, 0.717) is 19.0 Å². The lowest BCUT2D eigenvalue weighted by molar-refractivity contribution is -0.135. The van der Waals surface area contributed by atoms with Gasteiger partial charge in [0.25, 0.3) is 0 Å². The largest absolute Gasteiger partial charge is 0.489 e. The molecule has 2 atom stereocenters. The summed E-state index contributed by atoms with van der Waals surface area (Å²) < 4.78 is 18.8. The fourth-order valence-corrected chi connectivity index (χ4v) is 2.89. The Labute approximate surface area is 125 Å². The summed E-state index contributed by atoms with van der Waals surface area (Å²) in [6, 6.07) is 6.27. The maximum Gasteiger partial charge on any atom is 0.225 e. The Morgan fingerprint density at radius 3 is 2.90 bits per heavy atom. The number of hydrogen-bond acceptors (Lipinski definition) is 3. The van der Waals surface area contributed by atoms with Crippen molar-refractivity contribution in [3.63, 3.8) is 0 Å². The van der Waals surface area contributed by atoms with E-state index >= 15 is 0 Å². The average molecular weight is 294 g/mol. The van der Waals surface area contributed by atoms with Gasteiger partial charge in [0, 0.05) is 13.0 Å². The second-order valence-corrected chi connectivity index (χ2v) is 5.57. The van der Waals surface area contributed by atoms with Crippen molar-refractivity contribution in [3.05, 3.63) is 30.1 Å². The van der Waals surface area contributed by atoms with E-state index in [1.165, 1.54) is 6.07 Å². The van der Waals surface area contributed by atoms with Crippen LogP contribution in [0.15, 0.2) is 24.3 Å². The lowest BCUT2D eigenvalue weighted by Gasteiger charge is -2.24. The summed E-state index contributed by atoms with van der Waals surface area (Å²) in [5.41, 5.74) is 5.72. The molecule has 0 radical (unpaired) electrons. The first-order chi connectivity index (χ1) is 10.1. The highest BCUT2D eigenvalue weighted by Gasteiger charge is 2.33. The van der Waals surface area contributed by atoms with Crippen LogP contribution < -0.4 is 10.5 Å². The number of ether oxygens (including phenoxy) is 1. The first-order valence-electron chi connectivity index (χ1n) is 7.46. The number of para-hydroxylation sites is 1. The molecule has 1 saturated carbocycles. The molecular formula is C16H23FN2O2. The minimum atomic E-state index is -0.384. The standard InChI is InChI=1S/C16H23FN2O2/c1-19(16(20)13-6-4-5-12(13)11-18)9-10-21-15-8-3-2-7-14(15)17/h2-3,7-8,12-13H,4-6,9-11,18H2,1H3/t12-,13-/m1/s1. The van der Waals surface area contributed by atoms with Crippen molar-refractivity contribution in [2.24, 2.45) is 17.6 Å². The number of rotatable bonds is 6. The molecule has 5 heteroatoms. The van der Waals surface area contributed by atoms with Crippen molar-refractivity contribution in [2.45, 2.75) is 19.3 Å². The predicted octanol–water partition coefficient (Wildman–Crippen LogP) is 2.04. The van der Waals surface area contributed by atoms with Crippen molar-refractivity contribution in [3.8, 4) is 5.75 Å². The number of likely N-dealkylation sites (N-methyl/N-ethyl adjacent to an activating group) is 1. The van der Waals surface area contributed by atoms with Crippen LogP contribution in [-0.2, 0) is 4.79 Å². The molecule has 0 aliphatic heterocycles. The number of carbonyl (C=O) groups is 1. The van der Waals surface area contributed by atoms with Crippen LogP contribution in [0.1, 0.15) is 19.3 Å². The minimum Gasteiger partial charge on any atom is -0.489 e. The maximum absolute atomic E-state index is 13.4. The summed E-state index contributed by atoms with van der Waals surface area (Å²) in [6.07, 6.45) is 3.02. The normalized spacial score (nSPS) is 21.3. The summed E-state index contributed by atoms with van der Waals surface area (Å²) in [6.45, 7) is 1.29. The second kappa shape index (κ2) is 7.41. The molecule has 0 spiro atoms. The van der Waals surface area contributed by atoms with Gasteiger partial charge in [-0.25, -0.2) is 4.39 Å². The Kier molecular flexibility index (Phi) is 5.56. The number of nitrogens with zero attached hydrogens (tertiary/aromatic N) is 1. The third kappa shape index (κ3) is 3.94. The lowest BCUT2D eigenvalue weighted by Crippen LogP contribution is -2.38. The highest BCUT2D eigenvalue weighted by Crippen LogP contribution is 2.32. The SMILES string of the molecule is CN(CCOc1ccccc1F)C(=O)[C@@H]1CCC[C@@H]1CN. The zero-order valence-electron chi connectivity index (χ0n) is 12.4. The molecule has 1 aliphatic carbocycles. The maximum atomic E-state index is 13.4. The van der Waals surface area contributed by atoms with Gasteiger partial charge >= 0.3 is 0 Å². The van der Waals surface area contributed by atoms with Gasteiger partial charge in [-0.15, -0.1) is 0 Å². The smallest absolute Gasteiger partial charge is 0.225 e. The van der Waals surface area contributed by atoms with E-state index in [1.807, 2.05) is 0 Å². The molecule has 1 aromatic rings. The fourth-order valence-electron chi connectivity index (χ4n) is 2.89. The molecule has 1 fully saturated rings. The zero-order chi connectivity index (χ0) is 15.2. The average Bonchev–Trinajstić information content (AvgIpc) is 2.96. The molecule has 1 aliphatic rings. The molecule has 2 rings (SSSR count). The highest BCUT2D eigenvalue weighted by molar-refractivity contribution is 5.79. The van der Waals surface area contributed by atoms with Crippen LogP contribution in [0.4, 0.5) is 4.39 Å². The van der Waals surface area contributed by atoms with E-state index in [1.54, 1.807) is 30.1 Å². The van der Waals surface area contributed by atoms with Gasteiger partial charge in [-0.3, -0.25) is 4.79 Å². The molecule has 0 unspecified atom stereocenters. The zero-order valence-corrected chi connectivity index (χ0v) is 12.4. The Bertz CT molecular complexity index is 481. The van der Waals surface area contributed by atoms with Gasteiger partial charge < -0.3 is 15.4 Å². The molecule has 2 N–H and O–H groups in total. The van der Waals surface area contributed by atoms with E-state index in [4.69, 9.17) is 10.5 Å². The van der Waals surface area contributed by atoms with Crippen LogP contribution in [0.5, 0.6) is 5.75 Å². The topological polar surface area (TPSA) is 55.6 Å². The van der Waals surface area contributed by atoms with Crippen LogP contribution in [0.25, 0.3) is 0 Å². The van der Waals surface area contributed by atoms with Gasteiger partial charge in [-0.2, -0.15) is 0 Å². The Morgan fingerprint density at radius 1 is 1.43 bits per heavy atom. The summed E-state index contributed by atoms with van der Waals surface area (Å²) >= 11 is 0. The predicted molar refractivity (Wildman–Crippen MR) is 79.4 cm³/mol. The highest BCUT2D eigenvalue weighted by atomic mass is 19.1. The van der Waals surface area contributed by atoms with Gasteiger partial charge in [0.05, 0.1) is 6.54 Å². The molecule has 21 heavy (non-hydrogen) atoms. The number of halogens is 1. The van der Waals surface area contributed by atoms with Gasteiger partial charge in [-0.05, 0) is 37.4 Å². The summed E-state index contributed by atoms with van der Waals surface area (Å²) in [5.74, 6) is 0.297. The first-order valence-corrected chi connectivity index (χ1v) is 7.46. The Balaban J connectivity index is 1.80. The van der Waals surface area contributed by atoms with E-state index in [2.05, 4.69) is 0 Å². The third-order valence-corrected chi connectivity index (χ3v) is 4.18. The molecule has 0 heterocycles. The molecule has 116 valence electrons. The minimum absolute atomic E-state index is 0.0356. The van der Waals surface area contributed by atoms with Crippen molar-refractivity contribution < 1.29 is 13.9 Å². The number of amides is 1. The molecule has 1 aromatic carbocycles. The molecule has 4 nitrogen and oxygen atoms in total. The lowest BCUT2D eigenvalue weighted by atomic mass is 9.95. The van der Waals surface area contributed by atoms with Crippen molar-refractivity contribution >= 4 is 5.91 Å². The van der Waals surface area contributed by atoms with Crippen LogP contribution in [0, 0.1) is 17.7 Å². The number of hydrogen-bond donors (Lipinski definition) is 1. The summed E-state index contributed by atoms with van der Waals surface area (Å²) in [7, 11) is 1.76. The Morgan fingerprint density at radius 2 is 2.19 bits per heavy atom. The van der Waals surface area contributed by atoms with Crippen LogP contribution in [0.3, 0.4) is 0 Å². The van der Waals surface area contributed by atoms with Gasteiger partial charge in [0.2, 0.25) is 5.91 Å². The molecular weight excluding hydrogens is 271 g/mol. The number of carbonyl (C=O) groups excluding carboxylic acids is 1. The van der Waals surface area contributed by atoms with E-state index in [-0.39, 0.29) is 30.0 Å². The first kappa shape index (κ1) is 15.8. The van der Waals surface area contributed by atoms with Crippen LogP contribution in [-0.4, -0.2) is 37.6 Å². The quantitative estimate of drug-likeness (QED) is 0.873. The van der Waals surface area contributed by atoms with Crippen molar-refractivity contribution in [2.75, 3.05) is 26.7 Å². The van der Waals surface area contributed by atoms with E-state index < -0.39 is 0 Å². The van der Waals surface area contributed by atoms with Gasteiger partial charge in [0.1, 0.15) is 6.61 Å².